The van der Waals surface area contributed by atoms with Gasteiger partial charge in [0, 0.05) is 24.3 Å². The highest BCUT2D eigenvalue weighted by molar-refractivity contribution is 5.77. The normalized spacial score (nSPS) is 10.3. The topological polar surface area (TPSA) is 95.5 Å². The number of hydrogen-bond donors (Lipinski definition) is 0. The van der Waals surface area contributed by atoms with E-state index in [9.17, 15) is 20.2 Å². The fraction of sp³-hybridized carbons (Fsp3) is 0.0526. The number of nitro benzene ring substituents is 2. The van der Waals surface area contributed by atoms with E-state index in [0.717, 1.165) is 11.1 Å². The first kappa shape index (κ1) is 17.1. The minimum Gasteiger partial charge on any atom is -0.497 e. The Labute approximate surface area is 148 Å². The first-order valence-electron chi connectivity index (χ1n) is 7.66. The predicted molar refractivity (Wildman–Crippen MR) is 97.2 cm³/mol. The lowest BCUT2D eigenvalue weighted by atomic mass is 9.98. The molecule has 7 nitrogen and oxygen atoms in total. The Balaban J connectivity index is 2.13. The first-order valence-corrected chi connectivity index (χ1v) is 7.66. The summed E-state index contributed by atoms with van der Waals surface area (Å²) in [6, 6.07) is 17.9. The molecule has 26 heavy (non-hydrogen) atoms. The maximum atomic E-state index is 11.0. The second-order valence-corrected chi connectivity index (χ2v) is 5.57. The Morgan fingerprint density at radius 1 is 0.692 bits per heavy atom. The van der Waals surface area contributed by atoms with Gasteiger partial charge < -0.3 is 4.74 Å². The van der Waals surface area contributed by atoms with Gasteiger partial charge in [0.15, 0.2) is 0 Å². The molecule has 0 aliphatic rings. The van der Waals surface area contributed by atoms with Crippen LogP contribution in [0.2, 0.25) is 0 Å². The molecule has 0 aromatic heterocycles. The van der Waals surface area contributed by atoms with E-state index in [1.165, 1.54) is 31.4 Å². The minimum atomic E-state index is -0.453. The van der Waals surface area contributed by atoms with Crippen molar-refractivity contribution in [1.29, 1.82) is 0 Å². The van der Waals surface area contributed by atoms with Crippen molar-refractivity contribution in [1.82, 2.24) is 0 Å². The Morgan fingerprint density at radius 3 is 1.54 bits per heavy atom. The largest absolute Gasteiger partial charge is 0.497 e. The van der Waals surface area contributed by atoms with E-state index in [2.05, 4.69) is 0 Å². The summed E-state index contributed by atoms with van der Waals surface area (Å²) in [7, 11) is 1.52. The van der Waals surface area contributed by atoms with Crippen LogP contribution in [0.1, 0.15) is 0 Å². The molecule has 0 amide bonds. The van der Waals surface area contributed by atoms with Gasteiger partial charge in [-0.25, -0.2) is 0 Å². The lowest BCUT2D eigenvalue weighted by Crippen LogP contribution is -1.91. The third kappa shape index (κ3) is 3.51. The van der Waals surface area contributed by atoms with E-state index in [-0.39, 0.29) is 11.4 Å². The Morgan fingerprint density at radius 2 is 1.15 bits per heavy atom. The number of ether oxygens (including phenoxy) is 1. The van der Waals surface area contributed by atoms with Crippen LogP contribution >= 0.6 is 0 Å². The molecule has 3 rings (SSSR count). The predicted octanol–water partition coefficient (Wildman–Crippen LogP) is 4.85. The van der Waals surface area contributed by atoms with Gasteiger partial charge in [0.05, 0.1) is 17.0 Å². The zero-order valence-corrected chi connectivity index (χ0v) is 13.8. The van der Waals surface area contributed by atoms with Gasteiger partial charge in [-0.3, -0.25) is 20.2 Å². The SMILES string of the molecule is COc1cc(-c2cccc([N+](=O)[O-])c2)cc(-c2cccc([N+](=O)[O-])c2)c1. The summed E-state index contributed by atoms with van der Waals surface area (Å²) in [6.45, 7) is 0. The molecule has 3 aromatic carbocycles. The highest BCUT2D eigenvalue weighted by Crippen LogP contribution is 2.33. The summed E-state index contributed by atoms with van der Waals surface area (Å²) in [5.74, 6) is 0.551. The van der Waals surface area contributed by atoms with Gasteiger partial charge in [-0.15, -0.1) is 0 Å². The molecule has 0 N–H and O–H groups in total. The second-order valence-electron chi connectivity index (χ2n) is 5.57. The summed E-state index contributed by atoms with van der Waals surface area (Å²) in [6.07, 6.45) is 0. The number of nitro groups is 2. The monoisotopic (exact) mass is 350 g/mol. The van der Waals surface area contributed by atoms with Crippen LogP contribution in [0.3, 0.4) is 0 Å². The van der Waals surface area contributed by atoms with Crippen LogP contribution in [0.25, 0.3) is 22.3 Å². The Bertz CT molecular complexity index is 925. The molecule has 7 heteroatoms. The van der Waals surface area contributed by atoms with E-state index in [0.29, 0.717) is 16.9 Å². The van der Waals surface area contributed by atoms with Crippen molar-refractivity contribution in [2.45, 2.75) is 0 Å². The van der Waals surface area contributed by atoms with Gasteiger partial charge in [0.2, 0.25) is 0 Å². The molecule has 0 unspecified atom stereocenters. The molecule has 0 spiro atoms. The Kier molecular flexibility index (Phi) is 4.62. The summed E-state index contributed by atoms with van der Waals surface area (Å²) in [4.78, 5) is 21.1. The average Bonchev–Trinajstić information content (AvgIpc) is 2.67. The van der Waals surface area contributed by atoms with E-state index in [1.807, 2.05) is 6.07 Å². The highest BCUT2D eigenvalue weighted by atomic mass is 16.6. The number of methoxy groups -OCH3 is 1. The van der Waals surface area contributed by atoms with Gasteiger partial charge in [0.1, 0.15) is 5.75 Å². The standard InChI is InChI=1S/C19H14N2O5/c1-26-19-11-15(13-4-2-6-17(9-13)20(22)23)8-16(12-19)14-5-3-7-18(10-14)21(24)25/h2-12H,1H3. The lowest BCUT2D eigenvalue weighted by molar-refractivity contribution is -0.385. The number of rotatable bonds is 5. The van der Waals surface area contributed by atoms with E-state index >= 15 is 0 Å². The molecule has 0 radical (unpaired) electrons. The van der Waals surface area contributed by atoms with Crippen molar-refractivity contribution in [3.63, 3.8) is 0 Å². The summed E-state index contributed by atoms with van der Waals surface area (Å²) >= 11 is 0. The van der Waals surface area contributed by atoms with Crippen molar-refractivity contribution in [3.8, 4) is 28.0 Å². The second kappa shape index (κ2) is 7.02. The molecule has 0 saturated carbocycles. The smallest absolute Gasteiger partial charge is 0.270 e. The third-order valence-corrected chi connectivity index (χ3v) is 3.92. The number of non-ortho nitro benzene ring substituents is 2. The average molecular weight is 350 g/mol. The summed E-state index contributed by atoms with van der Waals surface area (Å²) in [5, 5.41) is 22.0. The van der Waals surface area contributed by atoms with Crippen LogP contribution in [-0.2, 0) is 0 Å². The zero-order valence-electron chi connectivity index (χ0n) is 13.8. The molecule has 0 heterocycles. The lowest BCUT2D eigenvalue weighted by Gasteiger charge is -2.10. The molecule has 130 valence electrons. The van der Waals surface area contributed by atoms with Crippen LogP contribution in [-0.4, -0.2) is 17.0 Å². The minimum absolute atomic E-state index is 0.0118. The molecule has 0 fully saturated rings. The fourth-order valence-electron chi connectivity index (χ4n) is 2.65. The maximum Gasteiger partial charge on any atom is 0.270 e. The van der Waals surface area contributed by atoms with E-state index in [4.69, 9.17) is 4.74 Å². The van der Waals surface area contributed by atoms with Crippen molar-refractivity contribution >= 4 is 11.4 Å². The first-order chi connectivity index (χ1) is 12.5. The van der Waals surface area contributed by atoms with Crippen LogP contribution < -0.4 is 4.74 Å². The van der Waals surface area contributed by atoms with Gasteiger partial charge in [-0.05, 0) is 40.5 Å². The van der Waals surface area contributed by atoms with Crippen LogP contribution in [0.5, 0.6) is 5.75 Å². The molecule has 0 aliphatic carbocycles. The Hall–Kier alpha value is -3.74. The van der Waals surface area contributed by atoms with Gasteiger partial charge in [-0.2, -0.15) is 0 Å². The van der Waals surface area contributed by atoms with Crippen molar-refractivity contribution in [3.05, 3.63) is 87.0 Å². The maximum absolute atomic E-state index is 11.0. The van der Waals surface area contributed by atoms with Crippen molar-refractivity contribution in [2.24, 2.45) is 0 Å². The van der Waals surface area contributed by atoms with E-state index in [1.54, 1.807) is 36.4 Å². The van der Waals surface area contributed by atoms with Crippen molar-refractivity contribution < 1.29 is 14.6 Å². The summed E-state index contributed by atoms with van der Waals surface area (Å²) in [5.41, 5.74) is 2.73. The molecule has 0 atom stereocenters. The molecular weight excluding hydrogens is 336 g/mol. The zero-order chi connectivity index (χ0) is 18.7. The number of benzene rings is 3. The molecular formula is C19H14N2O5. The molecule has 0 saturated heterocycles. The quantitative estimate of drug-likeness (QED) is 0.484. The fourth-order valence-corrected chi connectivity index (χ4v) is 2.65. The molecule has 0 bridgehead atoms. The molecule has 0 aliphatic heterocycles. The highest BCUT2D eigenvalue weighted by Gasteiger charge is 2.12. The van der Waals surface area contributed by atoms with Crippen LogP contribution in [0.15, 0.2) is 66.7 Å². The third-order valence-electron chi connectivity index (χ3n) is 3.92. The number of nitrogens with zero attached hydrogens (tertiary/aromatic N) is 2. The molecule has 3 aromatic rings. The summed E-state index contributed by atoms with van der Waals surface area (Å²) < 4.78 is 5.33. The van der Waals surface area contributed by atoms with Crippen molar-refractivity contribution in [2.75, 3.05) is 7.11 Å². The van der Waals surface area contributed by atoms with Gasteiger partial charge in [0.25, 0.3) is 11.4 Å². The van der Waals surface area contributed by atoms with E-state index < -0.39 is 9.85 Å². The van der Waals surface area contributed by atoms with Gasteiger partial charge >= 0.3 is 0 Å². The van der Waals surface area contributed by atoms with Gasteiger partial charge in [-0.1, -0.05) is 24.3 Å². The van der Waals surface area contributed by atoms with Crippen LogP contribution in [0, 0.1) is 20.2 Å². The van der Waals surface area contributed by atoms with Crippen LogP contribution in [0.4, 0.5) is 11.4 Å². The number of hydrogen-bond acceptors (Lipinski definition) is 5.